The lowest BCUT2D eigenvalue weighted by molar-refractivity contribution is 0.0869. The molecule has 0 aliphatic heterocycles. The maximum Gasteiger partial charge on any atom is 0.166 e. The molecule has 0 N–H and O–H groups in total. The van der Waals surface area contributed by atoms with Crippen molar-refractivity contribution in [2.45, 2.75) is 45.4 Å². The van der Waals surface area contributed by atoms with Crippen molar-refractivity contribution in [1.82, 2.24) is 0 Å². The summed E-state index contributed by atoms with van der Waals surface area (Å²) in [5, 5.41) is 0. The van der Waals surface area contributed by atoms with Gasteiger partial charge in [0.2, 0.25) is 0 Å². The van der Waals surface area contributed by atoms with E-state index in [0.29, 0.717) is 5.56 Å². The summed E-state index contributed by atoms with van der Waals surface area (Å²) in [4.78, 5) is 12.4. The van der Waals surface area contributed by atoms with Crippen LogP contribution in [0.5, 0.6) is 5.75 Å². The number of methoxy groups -OCH3 is 1. The second kappa shape index (κ2) is 6.87. The molecule has 20 heavy (non-hydrogen) atoms. The Bertz CT molecular complexity index is 462. The van der Waals surface area contributed by atoms with Gasteiger partial charge in [0, 0.05) is 11.5 Å². The molecule has 0 radical (unpaired) electrons. The van der Waals surface area contributed by atoms with Gasteiger partial charge in [-0.05, 0) is 49.8 Å². The third-order valence-corrected chi connectivity index (χ3v) is 4.35. The molecule has 1 aromatic rings. The highest BCUT2D eigenvalue weighted by Crippen LogP contribution is 2.33. The molecule has 0 amide bonds. The van der Waals surface area contributed by atoms with Crippen LogP contribution in [-0.2, 0) is 0 Å². The Labute approximate surface area is 120 Å². The molecule has 0 aromatic heterocycles. The molecule has 0 saturated heterocycles. The second-order valence-corrected chi connectivity index (χ2v) is 5.72. The smallest absolute Gasteiger partial charge is 0.166 e. The zero-order chi connectivity index (χ0) is 14.5. The summed E-state index contributed by atoms with van der Waals surface area (Å²) in [6.45, 7) is 2.21. The van der Waals surface area contributed by atoms with Crippen molar-refractivity contribution in [2.75, 3.05) is 7.11 Å². The van der Waals surface area contributed by atoms with Crippen molar-refractivity contribution in [3.05, 3.63) is 29.6 Å². The molecule has 3 heteroatoms. The monoisotopic (exact) mass is 278 g/mol. The van der Waals surface area contributed by atoms with Crippen LogP contribution >= 0.6 is 0 Å². The summed E-state index contributed by atoms with van der Waals surface area (Å²) in [7, 11) is 1.43. The fraction of sp³-hybridized carbons (Fsp3) is 0.588. The van der Waals surface area contributed by atoms with Crippen molar-refractivity contribution in [2.24, 2.45) is 11.8 Å². The molecular formula is C17H23FO2. The third kappa shape index (κ3) is 3.38. The summed E-state index contributed by atoms with van der Waals surface area (Å²) in [5.74, 6) is 0.653. The topological polar surface area (TPSA) is 26.3 Å². The number of ketones is 1. The van der Waals surface area contributed by atoms with Crippen molar-refractivity contribution in [3.63, 3.8) is 0 Å². The summed E-state index contributed by atoms with van der Waals surface area (Å²) in [6.07, 6.45) is 6.62. The Hall–Kier alpha value is -1.38. The number of Topliss-reactive ketones (excluding diaryl/α,β-unsaturated/α-hetero) is 1. The molecule has 1 aliphatic rings. The Morgan fingerprint density at radius 2 is 2.00 bits per heavy atom. The van der Waals surface area contributed by atoms with Crippen LogP contribution in [0.2, 0.25) is 0 Å². The molecule has 1 aliphatic carbocycles. The highest BCUT2D eigenvalue weighted by Gasteiger charge is 2.27. The van der Waals surface area contributed by atoms with E-state index in [2.05, 4.69) is 6.92 Å². The lowest BCUT2D eigenvalue weighted by Gasteiger charge is -2.27. The van der Waals surface area contributed by atoms with E-state index in [1.54, 1.807) is 6.07 Å². The minimum absolute atomic E-state index is 0.0656. The van der Waals surface area contributed by atoms with E-state index in [9.17, 15) is 9.18 Å². The van der Waals surface area contributed by atoms with Gasteiger partial charge < -0.3 is 4.74 Å². The van der Waals surface area contributed by atoms with E-state index in [1.807, 2.05) is 0 Å². The van der Waals surface area contributed by atoms with Gasteiger partial charge in [-0.15, -0.1) is 0 Å². The molecule has 2 rings (SSSR count). The van der Waals surface area contributed by atoms with E-state index in [0.717, 1.165) is 31.6 Å². The van der Waals surface area contributed by atoms with Gasteiger partial charge in [0.15, 0.2) is 17.3 Å². The van der Waals surface area contributed by atoms with E-state index in [-0.39, 0.29) is 17.5 Å². The number of rotatable bonds is 5. The van der Waals surface area contributed by atoms with E-state index < -0.39 is 5.82 Å². The number of ether oxygens (including phenoxy) is 1. The van der Waals surface area contributed by atoms with Gasteiger partial charge in [-0.3, -0.25) is 4.79 Å². The molecule has 0 bridgehead atoms. The number of benzene rings is 1. The standard InChI is InChI=1S/C17H23FO2/c1-3-4-12-5-7-13(8-6-12)17(19)14-9-10-16(20-2)15(18)11-14/h9-13H,3-8H2,1-2H3. The van der Waals surface area contributed by atoms with Crippen molar-refractivity contribution < 1.29 is 13.9 Å². The first-order valence-electron chi connectivity index (χ1n) is 7.53. The quantitative estimate of drug-likeness (QED) is 0.734. The molecule has 0 atom stereocenters. The van der Waals surface area contributed by atoms with Gasteiger partial charge in [0.25, 0.3) is 0 Å². The molecule has 1 aromatic carbocycles. The van der Waals surface area contributed by atoms with Crippen LogP contribution in [0.25, 0.3) is 0 Å². The predicted molar refractivity (Wildman–Crippen MR) is 77.6 cm³/mol. The predicted octanol–water partition coefficient (Wildman–Crippen LogP) is 4.62. The number of carbonyl (C=O) groups is 1. The number of hydrogen-bond donors (Lipinski definition) is 0. The summed E-state index contributed by atoms with van der Waals surface area (Å²) in [6, 6.07) is 4.51. The van der Waals surface area contributed by atoms with Gasteiger partial charge in [0.1, 0.15) is 0 Å². The fourth-order valence-corrected chi connectivity index (χ4v) is 3.18. The molecule has 0 spiro atoms. The zero-order valence-corrected chi connectivity index (χ0v) is 12.3. The highest BCUT2D eigenvalue weighted by molar-refractivity contribution is 5.98. The molecule has 0 unspecified atom stereocenters. The summed E-state index contributed by atoms with van der Waals surface area (Å²) in [5.41, 5.74) is 0.474. The van der Waals surface area contributed by atoms with E-state index in [4.69, 9.17) is 4.74 Å². The van der Waals surface area contributed by atoms with Crippen LogP contribution in [0.4, 0.5) is 4.39 Å². The van der Waals surface area contributed by atoms with Crippen molar-refractivity contribution in [3.8, 4) is 5.75 Å². The molecule has 0 heterocycles. The Balaban J connectivity index is 2.00. The number of carbonyl (C=O) groups excluding carboxylic acids is 1. The molecule has 2 nitrogen and oxygen atoms in total. The molecule has 1 fully saturated rings. The van der Waals surface area contributed by atoms with Gasteiger partial charge in [0.05, 0.1) is 7.11 Å². The van der Waals surface area contributed by atoms with Gasteiger partial charge in [-0.1, -0.05) is 19.8 Å². The molecular weight excluding hydrogens is 255 g/mol. The van der Waals surface area contributed by atoms with Crippen molar-refractivity contribution in [1.29, 1.82) is 0 Å². The largest absolute Gasteiger partial charge is 0.494 e. The number of hydrogen-bond acceptors (Lipinski definition) is 2. The van der Waals surface area contributed by atoms with Crippen LogP contribution in [0.3, 0.4) is 0 Å². The van der Waals surface area contributed by atoms with Gasteiger partial charge >= 0.3 is 0 Å². The zero-order valence-electron chi connectivity index (χ0n) is 12.3. The Morgan fingerprint density at radius 1 is 1.30 bits per heavy atom. The Kier molecular flexibility index (Phi) is 5.16. The third-order valence-electron chi connectivity index (χ3n) is 4.35. The maximum absolute atomic E-state index is 13.7. The second-order valence-electron chi connectivity index (χ2n) is 5.72. The van der Waals surface area contributed by atoms with Crippen LogP contribution in [0, 0.1) is 17.7 Å². The van der Waals surface area contributed by atoms with Gasteiger partial charge in [-0.2, -0.15) is 0 Å². The van der Waals surface area contributed by atoms with E-state index >= 15 is 0 Å². The SMILES string of the molecule is CCCC1CCC(C(=O)c2ccc(OC)c(F)c2)CC1. The average molecular weight is 278 g/mol. The first kappa shape index (κ1) is 15.0. The molecule has 110 valence electrons. The minimum atomic E-state index is -0.460. The normalized spacial score (nSPS) is 22.6. The highest BCUT2D eigenvalue weighted by atomic mass is 19.1. The maximum atomic E-state index is 13.7. The lowest BCUT2D eigenvalue weighted by Crippen LogP contribution is -2.22. The summed E-state index contributed by atoms with van der Waals surface area (Å²) >= 11 is 0. The van der Waals surface area contributed by atoms with Crippen molar-refractivity contribution >= 4 is 5.78 Å². The fourth-order valence-electron chi connectivity index (χ4n) is 3.18. The summed E-state index contributed by atoms with van der Waals surface area (Å²) < 4.78 is 18.5. The van der Waals surface area contributed by atoms with Crippen LogP contribution in [0.15, 0.2) is 18.2 Å². The van der Waals surface area contributed by atoms with Gasteiger partial charge in [-0.25, -0.2) is 4.39 Å². The van der Waals surface area contributed by atoms with Crippen LogP contribution in [-0.4, -0.2) is 12.9 Å². The average Bonchev–Trinajstić information content (AvgIpc) is 2.47. The number of halogens is 1. The van der Waals surface area contributed by atoms with E-state index in [1.165, 1.54) is 32.1 Å². The minimum Gasteiger partial charge on any atom is -0.494 e. The van der Waals surface area contributed by atoms with Crippen LogP contribution in [0.1, 0.15) is 55.8 Å². The first-order chi connectivity index (χ1) is 9.65. The Morgan fingerprint density at radius 3 is 2.55 bits per heavy atom. The lowest BCUT2D eigenvalue weighted by atomic mass is 9.77. The van der Waals surface area contributed by atoms with Crippen LogP contribution < -0.4 is 4.74 Å². The first-order valence-corrected chi connectivity index (χ1v) is 7.53. The molecule has 1 saturated carbocycles.